The summed E-state index contributed by atoms with van der Waals surface area (Å²) in [7, 11) is -2.67. The Labute approximate surface area is 97.6 Å². The minimum atomic E-state index is -2.21. The Balaban J connectivity index is 3.01. The van der Waals surface area contributed by atoms with Crippen molar-refractivity contribution in [2.24, 2.45) is 4.52 Å². The third-order valence-electron chi connectivity index (χ3n) is 0.947. The van der Waals surface area contributed by atoms with Crippen molar-refractivity contribution in [3.05, 3.63) is 0 Å². The van der Waals surface area contributed by atoms with E-state index in [9.17, 15) is 0 Å². The molecule has 72 valence electrons. The van der Waals surface area contributed by atoms with Gasteiger partial charge in [0.25, 0.3) is 0 Å². The molecule has 0 radical (unpaired) electrons. The number of nitrogens with zero attached hydrogens (tertiary/aromatic N) is 3. The molecule has 0 N–H and O–H groups in total. The van der Waals surface area contributed by atoms with Crippen LogP contribution in [-0.4, -0.2) is 14.6 Å². The number of rotatable bonds is 0. The Bertz CT molecular complexity index is 228. The molecule has 0 aromatic heterocycles. The minimum Gasteiger partial charge on any atom is -0.215 e. The van der Waals surface area contributed by atoms with E-state index in [0.717, 1.165) is 0 Å². The highest BCUT2D eigenvalue weighted by Crippen LogP contribution is 2.82. The maximum atomic E-state index is 5.99. The molecule has 0 amide bonds. The molecule has 3 unspecified atom stereocenters. The zero-order valence-electron chi connectivity index (χ0n) is 5.57. The van der Waals surface area contributed by atoms with E-state index in [2.05, 4.69) is 4.52 Å². The third kappa shape index (κ3) is 2.52. The molecule has 3 nitrogen and oxygen atoms in total. The van der Waals surface area contributed by atoms with Crippen LogP contribution in [0.15, 0.2) is 4.52 Å². The van der Waals surface area contributed by atoms with Crippen LogP contribution >= 0.6 is 79.0 Å². The van der Waals surface area contributed by atoms with Crippen LogP contribution in [0.5, 0.6) is 0 Å². The Morgan fingerprint density at radius 2 is 1.83 bits per heavy atom. The first-order valence-corrected chi connectivity index (χ1v) is 10.5. The van der Waals surface area contributed by atoms with Crippen LogP contribution in [0, 0.1) is 0 Å². The van der Waals surface area contributed by atoms with E-state index < -0.39 is 21.7 Å². The van der Waals surface area contributed by atoms with Gasteiger partial charge >= 0.3 is 0 Å². The summed E-state index contributed by atoms with van der Waals surface area (Å²) in [6.45, 7) is -0.504. The van der Waals surface area contributed by atoms with Gasteiger partial charge in [-0.3, -0.25) is 0 Å². The molecule has 1 aliphatic heterocycles. The van der Waals surface area contributed by atoms with Crippen molar-refractivity contribution in [2.45, 2.75) is 0 Å². The van der Waals surface area contributed by atoms with Gasteiger partial charge in [-0.1, -0.05) is 22.5 Å². The van der Waals surface area contributed by atoms with Crippen molar-refractivity contribution < 1.29 is 0 Å². The molecular formula is CH3Cl5N3P3. The summed E-state index contributed by atoms with van der Waals surface area (Å²) < 4.78 is 6.53. The van der Waals surface area contributed by atoms with Gasteiger partial charge in [0.15, 0.2) is 7.58 Å². The van der Waals surface area contributed by atoms with Gasteiger partial charge in [0.1, 0.15) is 6.56 Å². The number of hydrogen-bond donors (Lipinski definition) is 0. The molecule has 1 aliphatic rings. The van der Waals surface area contributed by atoms with Gasteiger partial charge in [-0.15, -0.1) is 7.92 Å². The summed E-state index contributed by atoms with van der Waals surface area (Å²) in [5.41, 5.74) is 0. The lowest BCUT2D eigenvalue weighted by Gasteiger charge is -2.35. The molecular weight excluding hydrogens is 324 g/mol. The van der Waals surface area contributed by atoms with E-state index in [-0.39, 0.29) is 0 Å². The first kappa shape index (κ1) is 12.5. The van der Waals surface area contributed by atoms with Gasteiger partial charge in [-0.2, -0.15) is 0 Å². The van der Waals surface area contributed by atoms with Gasteiger partial charge in [0, 0.05) is 0 Å². The summed E-state index contributed by atoms with van der Waals surface area (Å²) in [5, 5.41) is 0. The average molecular weight is 327 g/mol. The molecule has 0 spiro atoms. The third-order valence-corrected chi connectivity index (χ3v) is 14.2. The van der Waals surface area contributed by atoms with Crippen LogP contribution in [0.1, 0.15) is 0 Å². The lowest BCUT2D eigenvalue weighted by molar-refractivity contribution is 1.05. The SMILES string of the molecule is CP1(Cl)=NP(Cl)N(Cl)P(Cl)N1Cl. The molecule has 0 aromatic rings. The van der Waals surface area contributed by atoms with E-state index in [4.69, 9.17) is 57.3 Å². The normalized spacial score (nSPS) is 45.8. The molecule has 12 heavy (non-hydrogen) atoms. The molecule has 1 rings (SSSR count). The number of halogens is 5. The van der Waals surface area contributed by atoms with E-state index in [0.29, 0.717) is 0 Å². The van der Waals surface area contributed by atoms with Crippen molar-refractivity contribution in [1.82, 2.24) is 7.92 Å². The highest BCUT2D eigenvalue weighted by Gasteiger charge is 2.39. The smallest absolute Gasteiger partial charge is 0.210 e. The fourth-order valence-electron chi connectivity index (χ4n) is 0.457. The second kappa shape index (κ2) is 4.54. The second-order valence-corrected chi connectivity index (χ2v) is 12.7. The molecule has 0 saturated carbocycles. The summed E-state index contributed by atoms with van der Waals surface area (Å²) in [4.78, 5) is 0. The van der Waals surface area contributed by atoms with Crippen molar-refractivity contribution in [2.75, 3.05) is 6.66 Å². The fourth-order valence-corrected chi connectivity index (χ4v) is 12.0. The van der Waals surface area contributed by atoms with Gasteiger partial charge in [-0.05, 0) is 41.5 Å². The molecule has 0 fully saturated rings. The molecule has 1 heterocycles. The van der Waals surface area contributed by atoms with Crippen LogP contribution < -0.4 is 0 Å². The summed E-state index contributed by atoms with van der Waals surface area (Å²) in [6.07, 6.45) is 0. The summed E-state index contributed by atoms with van der Waals surface area (Å²) >= 11 is 29.2. The van der Waals surface area contributed by atoms with Crippen LogP contribution in [0.25, 0.3) is 0 Å². The first-order valence-electron chi connectivity index (χ1n) is 2.49. The lowest BCUT2D eigenvalue weighted by atomic mass is 12.0. The van der Waals surface area contributed by atoms with E-state index in [1.807, 2.05) is 0 Å². The van der Waals surface area contributed by atoms with Crippen LogP contribution in [0.4, 0.5) is 0 Å². The van der Waals surface area contributed by atoms with Crippen LogP contribution in [-0.2, 0) is 0 Å². The van der Waals surface area contributed by atoms with E-state index in [1.54, 1.807) is 6.66 Å². The highest BCUT2D eigenvalue weighted by atomic mass is 35.7. The largest absolute Gasteiger partial charge is 0.215 e. The van der Waals surface area contributed by atoms with E-state index in [1.165, 1.54) is 7.92 Å². The molecule has 0 bridgehead atoms. The van der Waals surface area contributed by atoms with Crippen molar-refractivity contribution in [3.63, 3.8) is 0 Å². The highest BCUT2D eigenvalue weighted by molar-refractivity contribution is 8.08. The zero-order valence-corrected chi connectivity index (χ0v) is 12.0. The van der Waals surface area contributed by atoms with Gasteiger partial charge in [0.2, 0.25) is 7.58 Å². The quantitative estimate of drug-likeness (QED) is 0.417. The monoisotopic (exact) mass is 325 g/mol. The van der Waals surface area contributed by atoms with Gasteiger partial charge in [-0.25, -0.2) is 4.52 Å². The van der Waals surface area contributed by atoms with Gasteiger partial charge < -0.3 is 0 Å². The Hall–Kier alpha value is 2.46. The summed E-state index contributed by atoms with van der Waals surface area (Å²) in [6, 6.07) is 0. The fraction of sp³-hybridized carbons (Fsp3) is 1.00. The average Bonchev–Trinajstić information content (AvgIpc) is 1.97. The van der Waals surface area contributed by atoms with Crippen LogP contribution in [0.3, 0.4) is 0 Å². The maximum absolute atomic E-state index is 5.99. The van der Waals surface area contributed by atoms with E-state index >= 15 is 0 Å². The molecule has 3 atom stereocenters. The lowest BCUT2D eigenvalue weighted by Crippen LogP contribution is -2.07. The van der Waals surface area contributed by atoms with Crippen molar-refractivity contribution in [3.8, 4) is 0 Å². The Kier molecular flexibility index (Phi) is 4.74. The van der Waals surface area contributed by atoms with Crippen molar-refractivity contribution >= 4 is 79.0 Å². The zero-order chi connectivity index (χ0) is 9.52. The Morgan fingerprint density at radius 3 is 2.33 bits per heavy atom. The predicted molar refractivity (Wildman–Crippen MR) is 62.1 cm³/mol. The second-order valence-electron chi connectivity index (χ2n) is 1.86. The van der Waals surface area contributed by atoms with Gasteiger partial charge in [0.05, 0.1) is 0 Å². The Morgan fingerprint density at radius 1 is 1.33 bits per heavy atom. The minimum absolute atomic E-state index is 1.21. The molecule has 11 heteroatoms. The number of hydrogen-bond acceptors (Lipinski definition) is 3. The van der Waals surface area contributed by atoms with Crippen molar-refractivity contribution in [1.29, 1.82) is 0 Å². The topological polar surface area (TPSA) is 18.8 Å². The molecule has 0 saturated heterocycles. The summed E-state index contributed by atoms with van der Waals surface area (Å²) in [5.74, 6) is 0. The molecule has 0 aliphatic carbocycles. The molecule has 0 aromatic carbocycles. The maximum Gasteiger partial charge on any atom is 0.210 e. The predicted octanol–water partition coefficient (Wildman–Crippen LogP) is 5.74. The first-order chi connectivity index (χ1) is 5.36. The standard InChI is InChI=1S/CH3Cl5N3P3/c1-12(6)7-10(4)8(2)11(5)9(12)3/h1H3. The van der Waals surface area contributed by atoms with Crippen LogP contribution in [0.2, 0.25) is 0 Å².